The Kier molecular flexibility index (Phi) is 4.39. The number of para-hydroxylation sites is 2. The summed E-state index contributed by atoms with van der Waals surface area (Å²) in [7, 11) is 0. The van der Waals surface area contributed by atoms with Gasteiger partial charge in [-0.3, -0.25) is 0 Å². The van der Waals surface area contributed by atoms with Crippen molar-refractivity contribution in [3.8, 4) is 0 Å². The third kappa shape index (κ3) is 2.95. The second-order valence-electron chi connectivity index (χ2n) is 13.1. The second kappa shape index (κ2) is 7.35. The molecule has 5 heterocycles. The first-order valence-corrected chi connectivity index (χ1v) is 14.3. The van der Waals surface area contributed by atoms with Gasteiger partial charge in [0, 0.05) is 58.8 Å². The smallest absolute Gasteiger partial charge is 0.209 e. The van der Waals surface area contributed by atoms with Crippen molar-refractivity contribution in [3.05, 3.63) is 94.2 Å². The highest BCUT2D eigenvalue weighted by Crippen LogP contribution is 2.54. The van der Waals surface area contributed by atoms with E-state index in [2.05, 4.69) is 97.9 Å². The van der Waals surface area contributed by atoms with E-state index in [4.69, 9.17) is 4.74 Å². The van der Waals surface area contributed by atoms with E-state index in [9.17, 15) is 0 Å². The van der Waals surface area contributed by atoms with Crippen LogP contribution < -0.4 is 4.90 Å². The summed E-state index contributed by atoms with van der Waals surface area (Å²) in [6.07, 6.45) is 10.0. The normalized spacial score (nSPS) is 30.2. The quantitative estimate of drug-likeness (QED) is 0.372. The van der Waals surface area contributed by atoms with Crippen LogP contribution in [0.25, 0.3) is 0 Å². The summed E-state index contributed by atoms with van der Waals surface area (Å²) >= 11 is 0. The third-order valence-electron chi connectivity index (χ3n) is 10.1. The predicted molar refractivity (Wildman–Crippen MR) is 150 cm³/mol. The minimum Gasteiger partial charge on any atom is -0.365 e. The average Bonchev–Trinajstić information content (AvgIpc) is 3.13. The van der Waals surface area contributed by atoms with Gasteiger partial charge in [0.15, 0.2) is 12.3 Å². The minimum atomic E-state index is 0.0349. The van der Waals surface area contributed by atoms with Gasteiger partial charge in [-0.2, -0.15) is 4.58 Å². The van der Waals surface area contributed by atoms with E-state index >= 15 is 0 Å². The zero-order valence-corrected chi connectivity index (χ0v) is 22.6. The van der Waals surface area contributed by atoms with Gasteiger partial charge in [-0.15, -0.1) is 0 Å². The molecule has 8 rings (SSSR count). The summed E-state index contributed by atoms with van der Waals surface area (Å²) in [5, 5.41) is 0. The number of fused-ring (bicyclic) bond motifs is 9. The predicted octanol–water partition coefficient (Wildman–Crippen LogP) is 6.95. The fourth-order valence-electron chi connectivity index (χ4n) is 8.40. The number of nitrogens with zero attached hydrogens (tertiary/aromatic N) is 2. The van der Waals surface area contributed by atoms with Gasteiger partial charge < -0.3 is 9.64 Å². The molecule has 0 amide bonds. The number of hydrogen-bond acceptors (Lipinski definition) is 2. The van der Waals surface area contributed by atoms with Crippen LogP contribution >= 0.6 is 0 Å². The molecule has 0 unspecified atom stereocenters. The first-order chi connectivity index (χ1) is 17.8. The number of hydrogen-bond donors (Lipinski definition) is 0. The van der Waals surface area contributed by atoms with Crippen LogP contribution in [0.15, 0.2) is 83.1 Å². The molecule has 188 valence electrons. The maximum absolute atomic E-state index is 6.95. The molecule has 3 atom stereocenters. The number of rotatable bonds is 0. The summed E-state index contributed by atoms with van der Waals surface area (Å²) in [6, 6.07) is 18.1. The van der Waals surface area contributed by atoms with Crippen LogP contribution in [-0.4, -0.2) is 35.6 Å². The molecule has 0 bridgehead atoms. The largest absolute Gasteiger partial charge is 0.365 e. The lowest BCUT2D eigenvalue weighted by Crippen LogP contribution is -2.46. The molecule has 0 spiro atoms. The summed E-state index contributed by atoms with van der Waals surface area (Å²) in [5.41, 5.74) is 13.3. The maximum atomic E-state index is 6.95. The molecule has 0 saturated heterocycles. The lowest BCUT2D eigenvalue weighted by Gasteiger charge is -2.44. The van der Waals surface area contributed by atoms with Crippen molar-refractivity contribution in [2.75, 3.05) is 18.0 Å². The molecule has 37 heavy (non-hydrogen) atoms. The Morgan fingerprint density at radius 1 is 0.892 bits per heavy atom. The molecule has 0 radical (unpaired) electrons. The molecule has 0 fully saturated rings. The summed E-state index contributed by atoms with van der Waals surface area (Å²) in [4.78, 5) is 2.62. The number of ether oxygens (including phenoxy) is 1. The van der Waals surface area contributed by atoms with Crippen molar-refractivity contribution in [3.63, 3.8) is 0 Å². The molecule has 2 aromatic rings. The van der Waals surface area contributed by atoms with E-state index in [0.29, 0.717) is 5.92 Å². The van der Waals surface area contributed by atoms with E-state index in [1.165, 1.54) is 51.5 Å². The van der Waals surface area contributed by atoms with E-state index in [-0.39, 0.29) is 23.0 Å². The van der Waals surface area contributed by atoms with Gasteiger partial charge in [-0.05, 0) is 47.6 Å². The van der Waals surface area contributed by atoms with Crippen LogP contribution in [0.2, 0.25) is 0 Å². The Labute approximate surface area is 220 Å². The Morgan fingerprint density at radius 2 is 1.68 bits per heavy atom. The lowest BCUT2D eigenvalue weighted by atomic mass is 9.71. The Bertz CT molecular complexity index is 1480. The van der Waals surface area contributed by atoms with Crippen LogP contribution in [-0.2, 0) is 15.6 Å². The monoisotopic (exact) mass is 489 g/mol. The third-order valence-corrected chi connectivity index (χ3v) is 10.1. The van der Waals surface area contributed by atoms with Gasteiger partial charge in [-0.1, -0.05) is 70.2 Å². The van der Waals surface area contributed by atoms with Gasteiger partial charge >= 0.3 is 0 Å². The van der Waals surface area contributed by atoms with Gasteiger partial charge in [0.25, 0.3) is 0 Å². The second-order valence-corrected chi connectivity index (χ2v) is 13.1. The molecule has 0 aromatic heterocycles. The van der Waals surface area contributed by atoms with Crippen LogP contribution in [0.3, 0.4) is 0 Å². The summed E-state index contributed by atoms with van der Waals surface area (Å²) in [5.74, 6) is 0.594. The van der Waals surface area contributed by atoms with Crippen LogP contribution in [0.4, 0.5) is 11.4 Å². The molecule has 2 aromatic carbocycles. The molecule has 1 aliphatic carbocycles. The molecule has 0 saturated carbocycles. The van der Waals surface area contributed by atoms with Crippen molar-refractivity contribution in [2.45, 2.75) is 76.4 Å². The first kappa shape index (κ1) is 22.1. The SMILES string of the molecule is CC1(C)CC2=[N+](CC[C@H]3O[C@H]4C[C@H]5CCN6C(=C5C=C4C=C23)C(C)(C)c2ccccc26)c2ccccc21. The van der Waals surface area contributed by atoms with E-state index in [0.717, 1.165) is 32.4 Å². The van der Waals surface area contributed by atoms with Crippen molar-refractivity contribution in [1.82, 2.24) is 0 Å². The minimum absolute atomic E-state index is 0.0349. The van der Waals surface area contributed by atoms with Crippen LogP contribution in [0.5, 0.6) is 0 Å². The van der Waals surface area contributed by atoms with Crippen molar-refractivity contribution in [1.29, 1.82) is 0 Å². The van der Waals surface area contributed by atoms with Gasteiger partial charge in [0.1, 0.15) is 0 Å². The van der Waals surface area contributed by atoms with Gasteiger partial charge in [-0.25, -0.2) is 0 Å². The number of anilines is 1. The van der Waals surface area contributed by atoms with E-state index in [1.54, 1.807) is 5.57 Å². The van der Waals surface area contributed by atoms with Crippen molar-refractivity contribution >= 4 is 17.1 Å². The summed E-state index contributed by atoms with van der Waals surface area (Å²) < 4.78 is 9.55. The highest BCUT2D eigenvalue weighted by Gasteiger charge is 2.49. The average molecular weight is 490 g/mol. The van der Waals surface area contributed by atoms with Gasteiger partial charge in [0.2, 0.25) is 5.69 Å². The zero-order valence-electron chi connectivity index (χ0n) is 22.6. The zero-order chi connectivity index (χ0) is 25.1. The maximum Gasteiger partial charge on any atom is 0.209 e. The number of benzene rings is 2. The van der Waals surface area contributed by atoms with Crippen molar-refractivity contribution < 1.29 is 9.31 Å². The Hall–Kier alpha value is -2.91. The van der Waals surface area contributed by atoms with E-state index < -0.39 is 0 Å². The summed E-state index contributed by atoms with van der Waals surface area (Å²) in [6.45, 7) is 11.8. The molecule has 6 aliphatic rings. The Morgan fingerprint density at radius 3 is 2.54 bits per heavy atom. The van der Waals surface area contributed by atoms with Crippen LogP contribution in [0.1, 0.15) is 64.5 Å². The number of allylic oxidation sites excluding steroid dienone is 3. The molecular weight excluding hydrogens is 452 g/mol. The highest BCUT2D eigenvalue weighted by molar-refractivity contribution is 6.01. The standard InChI is InChI=1S/C34H37N2O/c1-33(2)20-29-24-18-22-17-23-21(13-15-36-28-12-8-6-10-26(28)34(3,4)32(23)36)19-31(22)37-30(24)14-16-35(29)27-11-7-5-9-25(27)33/h5-12,17-18,21,30-31H,13-16,19-20H2,1-4H3/q+1/t21-,30-,31+/m1/s1. The lowest BCUT2D eigenvalue weighted by molar-refractivity contribution is -0.452. The molecule has 0 N–H and O–H groups in total. The van der Waals surface area contributed by atoms with Crippen LogP contribution in [0, 0.1) is 5.92 Å². The van der Waals surface area contributed by atoms with Crippen molar-refractivity contribution in [2.24, 2.45) is 5.92 Å². The fraction of sp³-hybridized carbons (Fsp3) is 0.441. The highest BCUT2D eigenvalue weighted by atomic mass is 16.5. The fourth-order valence-corrected chi connectivity index (χ4v) is 8.40. The molecule has 3 nitrogen and oxygen atoms in total. The molecule has 5 aliphatic heterocycles. The molecular formula is C34H37N2O+. The first-order valence-electron chi connectivity index (χ1n) is 14.3. The van der Waals surface area contributed by atoms with Gasteiger partial charge in [0.05, 0.1) is 12.2 Å². The van der Waals surface area contributed by atoms with E-state index in [1.807, 2.05) is 0 Å². The topological polar surface area (TPSA) is 15.5 Å². The molecule has 3 heteroatoms. The Balaban J connectivity index is 1.28.